The van der Waals surface area contributed by atoms with Crippen LogP contribution >= 0.6 is 11.6 Å². The number of rotatable bonds is 6. The van der Waals surface area contributed by atoms with Gasteiger partial charge in [0.1, 0.15) is 5.60 Å². The lowest BCUT2D eigenvalue weighted by molar-refractivity contribution is 0.0139. The van der Waals surface area contributed by atoms with Gasteiger partial charge < -0.3 is 14.4 Å². The minimum absolute atomic E-state index is 0.279. The minimum atomic E-state index is -1.26. The number of hydrogen-bond donors (Lipinski definition) is 1. The van der Waals surface area contributed by atoms with Crippen LogP contribution in [0.5, 0.6) is 0 Å². The Morgan fingerprint density at radius 2 is 1.77 bits per heavy atom. The number of ether oxygens (including phenoxy) is 2. The van der Waals surface area contributed by atoms with Crippen LogP contribution in [0.1, 0.15) is 26.3 Å². The zero-order valence-electron chi connectivity index (χ0n) is 19.6. The summed E-state index contributed by atoms with van der Waals surface area (Å²) in [5.74, 6) is 0. The van der Waals surface area contributed by atoms with Crippen LogP contribution < -0.4 is 5.32 Å². The van der Waals surface area contributed by atoms with Gasteiger partial charge in [-0.2, -0.15) is 0 Å². The van der Waals surface area contributed by atoms with Crippen molar-refractivity contribution in [3.63, 3.8) is 0 Å². The maximum atomic E-state index is 12.3. The Kier molecular flexibility index (Phi) is 8.80. The Morgan fingerprint density at radius 3 is 2.35 bits per heavy atom. The monoisotopic (exact) mass is 469 g/mol. The van der Waals surface area contributed by atoms with Gasteiger partial charge >= 0.3 is 12.2 Å². The first-order valence-corrected chi connectivity index (χ1v) is 14.8. The molecule has 0 unspecified atom stereocenters. The molecule has 1 aliphatic heterocycles. The van der Waals surface area contributed by atoms with Crippen molar-refractivity contribution in [3.8, 4) is 0 Å². The Morgan fingerprint density at radius 1 is 1.13 bits per heavy atom. The SMILES string of the molecule is CC(C)(C)OC(=O)N1CCN(Cc2cc(Cl)ccc2NC(=O)OCC[Si](C)(C)C)CC1. The molecule has 2 amide bonds. The van der Waals surface area contributed by atoms with Gasteiger partial charge in [0.25, 0.3) is 0 Å². The van der Waals surface area contributed by atoms with Gasteiger partial charge in [-0.1, -0.05) is 31.2 Å². The highest BCUT2D eigenvalue weighted by atomic mass is 35.5. The highest BCUT2D eigenvalue weighted by Crippen LogP contribution is 2.23. The highest BCUT2D eigenvalue weighted by Gasteiger charge is 2.26. The Hall–Kier alpha value is -1.77. The third kappa shape index (κ3) is 9.49. The number of amides is 2. The summed E-state index contributed by atoms with van der Waals surface area (Å²) in [4.78, 5) is 28.5. The third-order valence-corrected chi connectivity index (χ3v) is 6.75. The van der Waals surface area contributed by atoms with E-state index in [0.717, 1.165) is 11.6 Å². The molecule has 1 N–H and O–H groups in total. The Balaban J connectivity index is 1.91. The topological polar surface area (TPSA) is 71.1 Å². The molecule has 7 nitrogen and oxygen atoms in total. The van der Waals surface area contributed by atoms with Crippen molar-refractivity contribution in [1.82, 2.24) is 9.80 Å². The van der Waals surface area contributed by atoms with E-state index in [1.54, 1.807) is 17.0 Å². The molecular weight excluding hydrogens is 434 g/mol. The van der Waals surface area contributed by atoms with Crippen LogP contribution in [0.4, 0.5) is 15.3 Å². The first kappa shape index (κ1) is 25.5. The molecule has 1 aliphatic rings. The minimum Gasteiger partial charge on any atom is -0.450 e. The number of carbonyl (C=O) groups excluding carboxylic acids is 2. The third-order valence-electron chi connectivity index (χ3n) is 4.81. The first-order valence-electron chi connectivity index (χ1n) is 10.7. The van der Waals surface area contributed by atoms with Crippen molar-refractivity contribution in [1.29, 1.82) is 0 Å². The van der Waals surface area contributed by atoms with Crippen LogP contribution in [-0.2, 0) is 16.0 Å². The summed E-state index contributed by atoms with van der Waals surface area (Å²) < 4.78 is 10.8. The van der Waals surface area contributed by atoms with Gasteiger partial charge in [-0.25, -0.2) is 9.59 Å². The summed E-state index contributed by atoms with van der Waals surface area (Å²) in [6, 6.07) is 6.34. The summed E-state index contributed by atoms with van der Waals surface area (Å²) in [6.45, 7) is 16.0. The fraction of sp³-hybridized carbons (Fsp3) is 0.636. The van der Waals surface area contributed by atoms with Gasteiger partial charge in [-0.05, 0) is 50.6 Å². The first-order chi connectivity index (χ1) is 14.3. The predicted octanol–water partition coefficient (Wildman–Crippen LogP) is 5.28. The predicted molar refractivity (Wildman–Crippen MR) is 128 cm³/mol. The molecule has 0 aliphatic carbocycles. The number of nitrogens with one attached hydrogen (secondary N) is 1. The lowest BCUT2D eigenvalue weighted by atomic mass is 10.1. The van der Waals surface area contributed by atoms with Crippen molar-refractivity contribution >= 4 is 37.5 Å². The standard InChI is InChI=1S/C22H36ClN3O4Si/c1-22(2,3)30-21(28)26-11-9-25(10-12-26)16-17-15-18(23)7-8-19(17)24-20(27)29-13-14-31(4,5)6/h7-8,15H,9-14,16H2,1-6H3,(H,24,27). The van der Waals surface area contributed by atoms with Crippen LogP contribution in [0.2, 0.25) is 30.7 Å². The number of anilines is 1. The van der Waals surface area contributed by atoms with Crippen LogP contribution in [-0.4, -0.2) is 68.4 Å². The number of hydrogen-bond acceptors (Lipinski definition) is 5. The summed E-state index contributed by atoms with van der Waals surface area (Å²) in [5, 5.41) is 3.46. The molecule has 31 heavy (non-hydrogen) atoms. The number of nitrogens with zero attached hydrogens (tertiary/aromatic N) is 2. The van der Waals surface area contributed by atoms with Gasteiger partial charge in [0.15, 0.2) is 0 Å². The van der Waals surface area contributed by atoms with Gasteiger partial charge in [-0.3, -0.25) is 10.2 Å². The Bertz CT molecular complexity index is 769. The van der Waals surface area contributed by atoms with Crippen molar-refractivity contribution in [2.24, 2.45) is 0 Å². The van der Waals surface area contributed by atoms with E-state index in [1.807, 2.05) is 26.8 Å². The number of benzene rings is 1. The molecule has 174 valence electrons. The van der Waals surface area contributed by atoms with E-state index in [9.17, 15) is 9.59 Å². The average Bonchev–Trinajstić information content (AvgIpc) is 2.62. The van der Waals surface area contributed by atoms with Crippen molar-refractivity contribution in [2.75, 3.05) is 38.1 Å². The van der Waals surface area contributed by atoms with E-state index in [1.165, 1.54) is 0 Å². The van der Waals surface area contributed by atoms with Gasteiger partial charge in [0, 0.05) is 51.5 Å². The van der Waals surface area contributed by atoms with E-state index in [-0.39, 0.29) is 6.09 Å². The molecule has 0 bridgehead atoms. The summed E-state index contributed by atoms with van der Waals surface area (Å²) >= 11 is 6.20. The van der Waals surface area contributed by atoms with E-state index in [0.29, 0.717) is 50.0 Å². The van der Waals surface area contributed by atoms with Crippen LogP contribution in [0.3, 0.4) is 0 Å². The summed E-state index contributed by atoms with van der Waals surface area (Å²) in [5.41, 5.74) is 1.11. The molecule has 1 aromatic carbocycles. The molecule has 1 saturated heterocycles. The molecule has 9 heteroatoms. The summed E-state index contributed by atoms with van der Waals surface area (Å²) in [6.07, 6.45) is -0.727. The van der Waals surface area contributed by atoms with E-state index < -0.39 is 19.8 Å². The number of carbonyl (C=O) groups is 2. The maximum absolute atomic E-state index is 12.3. The Labute approximate surface area is 192 Å². The quantitative estimate of drug-likeness (QED) is 0.574. The van der Waals surface area contributed by atoms with Crippen LogP contribution in [0, 0.1) is 0 Å². The molecule has 0 spiro atoms. The lowest BCUT2D eigenvalue weighted by Crippen LogP contribution is -2.49. The van der Waals surface area contributed by atoms with E-state index in [4.69, 9.17) is 21.1 Å². The molecule has 0 atom stereocenters. The molecule has 0 radical (unpaired) electrons. The van der Waals surface area contributed by atoms with E-state index >= 15 is 0 Å². The van der Waals surface area contributed by atoms with Crippen molar-refractivity contribution in [2.45, 2.75) is 58.6 Å². The smallest absolute Gasteiger partial charge is 0.411 e. The normalized spacial score (nSPS) is 15.5. The molecule has 0 aromatic heterocycles. The van der Waals surface area contributed by atoms with Gasteiger partial charge in [0.05, 0.1) is 6.61 Å². The van der Waals surface area contributed by atoms with Gasteiger partial charge in [-0.15, -0.1) is 0 Å². The van der Waals surface area contributed by atoms with E-state index in [2.05, 4.69) is 29.9 Å². The molecular formula is C22H36ClN3O4Si. The second kappa shape index (κ2) is 10.7. The average molecular weight is 470 g/mol. The largest absolute Gasteiger partial charge is 0.450 e. The molecule has 1 fully saturated rings. The number of halogens is 1. The van der Waals surface area contributed by atoms with Gasteiger partial charge in [0.2, 0.25) is 0 Å². The molecule has 1 aromatic rings. The molecule has 1 heterocycles. The second-order valence-electron chi connectivity index (χ2n) is 10.1. The van der Waals surface area contributed by atoms with Crippen molar-refractivity contribution in [3.05, 3.63) is 28.8 Å². The fourth-order valence-electron chi connectivity index (χ4n) is 3.07. The molecule has 0 saturated carbocycles. The zero-order chi connectivity index (χ0) is 23.2. The number of piperazine rings is 1. The lowest BCUT2D eigenvalue weighted by Gasteiger charge is -2.35. The van der Waals surface area contributed by atoms with Crippen molar-refractivity contribution < 1.29 is 19.1 Å². The van der Waals surface area contributed by atoms with Crippen LogP contribution in [0.15, 0.2) is 18.2 Å². The zero-order valence-corrected chi connectivity index (χ0v) is 21.3. The van der Waals surface area contributed by atoms with Crippen LogP contribution in [0.25, 0.3) is 0 Å². The fourth-order valence-corrected chi connectivity index (χ4v) is 3.98. The second-order valence-corrected chi connectivity index (χ2v) is 16.2. The highest BCUT2D eigenvalue weighted by molar-refractivity contribution is 6.76. The molecule has 2 rings (SSSR count). The maximum Gasteiger partial charge on any atom is 0.411 e. The summed E-state index contributed by atoms with van der Waals surface area (Å²) in [7, 11) is -1.26.